The van der Waals surface area contributed by atoms with Crippen molar-refractivity contribution in [2.75, 3.05) is 20.1 Å². The van der Waals surface area contributed by atoms with Gasteiger partial charge in [0.15, 0.2) is 0 Å². The van der Waals surface area contributed by atoms with Gasteiger partial charge in [0, 0.05) is 18.7 Å². The van der Waals surface area contributed by atoms with Crippen LogP contribution < -0.4 is 0 Å². The maximum Gasteiger partial charge on any atom is 0.331 e. The van der Waals surface area contributed by atoms with Gasteiger partial charge in [0.1, 0.15) is 0 Å². The topological polar surface area (TPSA) is 40.5 Å². The van der Waals surface area contributed by atoms with Gasteiger partial charge in [-0.2, -0.15) is 0 Å². The molecule has 0 spiro atoms. The SMILES string of the molecule is CN1CC=C(C(=O)O)CC1. The zero-order chi connectivity index (χ0) is 7.56. The van der Waals surface area contributed by atoms with Gasteiger partial charge in [0.2, 0.25) is 0 Å². The first-order chi connectivity index (χ1) is 4.70. The van der Waals surface area contributed by atoms with Gasteiger partial charge in [-0.15, -0.1) is 0 Å². The van der Waals surface area contributed by atoms with Crippen LogP contribution in [0.25, 0.3) is 0 Å². The van der Waals surface area contributed by atoms with Crippen LogP contribution in [0.5, 0.6) is 0 Å². The van der Waals surface area contributed by atoms with E-state index in [1.54, 1.807) is 6.08 Å². The molecule has 3 nitrogen and oxygen atoms in total. The molecule has 0 radical (unpaired) electrons. The van der Waals surface area contributed by atoms with Gasteiger partial charge in [-0.1, -0.05) is 6.08 Å². The Kier molecular flexibility index (Phi) is 2.06. The van der Waals surface area contributed by atoms with Gasteiger partial charge < -0.3 is 10.0 Å². The fourth-order valence-corrected chi connectivity index (χ4v) is 0.965. The van der Waals surface area contributed by atoms with Gasteiger partial charge in [-0.25, -0.2) is 4.79 Å². The number of likely N-dealkylation sites (N-methyl/N-ethyl adjacent to an activating group) is 1. The maximum absolute atomic E-state index is 10.4. The summed E-state index contributed by atoms with van der Waals surface area (Å²) < 4.78 is 0. The Hall–Kier alpha value is -0.830. The van der Waals surface area contributed by atoms with Crippen LogP contribution in [0, 0.1) is 0 Å². The number of nitrogens with zero attached hydrogens (tertiary/aromatic N) is 1. The van der Waals surface area contributed by atoms with Crippen LogP contribution in [0.3, 0.4) is 0 Å². The Morgan fingerprint density at radius 3 is 2.90 bits per heavy atom. The first-order valence-electron chi connectivity index (χ1n) is 3.31. The molecule has 10 heavy (non-hydrogen) atoms. The molecule has 3 heteroatoms. The molecule has 1 heterocycles. The van der Waals surface area contributed by atoms with Gasteiger partial charge in [0.25, 0.3) is 0 Å². The maximum atomic E-state index is 10.4. The van der Waals surface area contributed by atoms with Crippen LogP contribution >= 0.6 is 0 Å². The molecule has 0 unspecified atom stereocenters. The van der Waals surface area contributed by atoms with Gasteiger partial charge in [0.05, 0.1) is 0 Å². The monoisotopic (exact) mass is 141 g/mol. The Morgan fingerprint density at radius 1 is 1.80 bits per heavy atom. The molecule has 56 valence electrons. The normalized spacial score (nSPS) is 20.3. The number of hydrogen-bond donors (Lipinski definition) is 1. The summed E-state index contributed by atoms with van der Waals surface area (Å²) in [5, 5.41) is 8.54. The van der Waals surface area contributed by atoms with E-state index < -0.39 is 5.97 Å². The number of hydrogen-bond acceptors (Lipinski definition) is 2. The Morgan fingerprint density at radius 2 is 2.50 bits per heavy atom. The molecular formula is C7H11NO2. The highest BCUT2D eigenvalue weighted by atomic mass is 16.4. The van der Waals surface area contributed by atoms with Crippen molar-refractivity contribution in [3.8, 4) is 0 Å². The summed E-state index contributed by atoms with van der Waals surface area (Å²) in [4.78, 5) is 12.5. The van der Waals surface area contributed by atoms with Gasteiger partial charge in [-0.05, 0) is 13.5 Å². The summed E-state index contributed by atoms with van der Waals surface area (Å²) >= 11 is 0. The van der Waals surface area contributed by atoms with Crippen LogP contribution in [0.2, 0.25) is 0 Å². The molecule has 1 aliphatic heterocycles. The number of carboxylic acids is 1. The molecule has 1 rings (SSSR count). The Bertz CT molecular complexity index is 174. The first-order valence-corrected chi connectivity index (χ1v) is 3.31. The lowest BCUT2D eigenvalue weighted by atomic mass is 10.1. The third kappa shape index (κ3) is 1.57. The molecule has 0 aromatic heterocycles. The lowest BCUT2D eigenvalue weighted by Crippen LogP contribution is -2.26. The lowest BCUT2D eigenvalue weighted by molar-refractivity contribution is -0.132. The lowest BCUT2D eigenvalue weighted by Gasteiger charge is -2.19. The molecular weight excluding hydrogens is 130 g/mol. The second-order valence-electron chi connectivity index (χ2n) is 2.55. The molecule has 0 bridgehead atoms. The smallest absolute Gasteiger partial charge is 0.331 e. The number of rotatable bonds is 1. The van der Waals surface area contributed by atoms with Crippen molar-refractivity contribution in [1.29, 1.82) is 0 Å². The summed E-state index contributed by atoms with van der Waals surface area (Å²) in [6, 6.07) is 0. The van der Waals surface area contributed by atoms with E-state index in [0.717, 1.165) is 13.1 Å². The van der Waals surface area contributed by atoms with E-state index in [0.29, 0.717) is 12.0 Å². The second kappa shape index (κ2) is 2.84. The van der Waals surface area contributed by atoms with Crippen molar-refractivity contribution in [2.45, 2.75) is 6.42 Å². The summed E-state index contributed by atoms with van der Waals surface area (Å²) in [6.45, 7) is 1.62. The Labute approximate surface area is 59.9 Å². The molecule has 0 aliphatic carbocycles. The highest BCUT2D eigenvalue weighted by molar-refractivity contribution is 5.86. The summed E-state index contributed by atoms with van der Waals surface area (Å²) in [7, 11) is 1.98. The average molecular weight is 141 g/mol. The number of carbonyl (C=O) groups is 1. The van der Waals surface area contributed by atoms with Crippen molar-refractivity contribution >= 4 is 5.97 Å². The standard InChI is InChI=1S/C7H11NO2/c1-8-4-2-6(3-5-8)7(9)10/h2H,3-5H2,1H3,(H,9,10). The fourth-order valence-electron chi connectivity index (χ4n) is 0.965. The van der Waals surface area contributed by atoms with E-state index >= 15 is 0 Å². The highest BCUT2D eigenvalue weighted by Crippen LogP contribution is 2.08. The van der Waals surface area contributed by atoms with Crippen molar-refractivity contribution in [3.05, 3.63) is 11.6 Å². The number of carboxylic acid groups (broad SMARTS) is 1. The quantitative estimate of drug-likeness (QED) is 0.572. The molecule has 0 atom stereocenters. The minimum atomic E-state index is -0.770. The Balaban J connectivity index is 2.56. The van der Waals surface area contributed by atoms with Crippen molar-refractivity contribution < 1.29 is 9.90 Å². The molecule has 0 saturated heterocycles. The second-order valence-corrected chi connectivity index (χ2v) is 2.55. The number of aliphatic carboxylic acids is 1. The van der Waals surface area contributed by atoms with E-state index in [4.69, 9.17) is 5.11 Å². The summed E-state index contributed by atoms with van der Waals surface area (Å²) in [6.07, 6.45) is 2.44. The molecule has 1 aliphatic rings. The van der Waals surface area contributed by atoms with Crippen LogP contribution in [0.15, 0.2) is 11.6 Å². The zero-order valence-electron chi connectivity index (χ0n) is 6.00. The van der Waals surface area contributed by atoms with Crippen LogP contribution in [-0.2, 0) is 4.79 Å². The predicted molar refractivity (Wildman–Crippen MR) is 37.8 cm³/mol. The van der Waals surface area contributed by atoms with E-state index in [2.05, 4.69) is 4.90 Å². The van der Waals surface area contributed by atoms with Crippen LogP contribution in [0.1, 0.15) is 6.42 Å². The van der Waals surface area contributed by atoms with E-state index in [1.165, 1.54) is 0 Å². The van der Waals surface area contributed by atoms with Crippen LogP contribution in [-0.4, -0.2) is 36.1 Å². The zero-order valence-corrected chi connectivity index (χ0v) is 6.00. The largest absolute Gasteiger partial charge is 0.478 e. The summed E-state index contributed by atoms with van der Waals surface area (Å²) in [5.74, 6) is -0.770. The molecule has 0 aromatic carbocycles. The molecule has 0 fully saturated rings. The summed E-state index contributed by atoms with van der Waals surface area (Å²) in [5.41, 5.74) is 0.554. The fraction of sp³-hybridized carbons (Fsp3) is 0.571. The highest BCUT2D eigenvalue weighted by Gasteiger charge is 2.12. The van der Waals surface area contributed by atoms with E-state index in [1.807, 2.05) is 7.05 Å². The predicted octanol–water partition coefficient (Wildman–Crippen LogP) is 0.333. The van der Waals surface area contributed by atoms with Crippen molar-refractivity contribution in [3.63, 3.8) is 0 Å². The van der Waals surface area contributed by atoms with Crippen LogP contribution in [0.4, 0.5) is 0 Å². The molecule has 0 amide bonds. The third-order valence-electron chi connectivity index (χ3n) is 1.69. The molecule has 0 aromatic rings. The average Bonchev–Trinajstić information content (AvgIpc) is 1.88. The van der Waals surface area contributed by atoms with Gasteiger partial charge in [-0.3, -0.25) is 0 Å². The van der Waals surface area contributed by atoms with Gasteiger partial charge >= 0.3 is 5.97 Å². The molecule has 0 saturated carbocycles. The van der Waals surface area contributed by atoms with E-state index in [9.17, 15) is 4.79 Å². The van der Waals surface area contributed by atoms with E-state index in [-0.39, 0.29) is 0 Å². The third-order valence-corrected chi connectivity index (χ3v) is 1.69. The molecule has 1 N–H and O–H groups in total. The first kappa shape index (κ1) is 7.28. The van der Waals surface area contributed by atoms with Crippen molar-refractivity contribution in [1.82, 2.24) is 4.90 Å². The minimum Gasteiger partial charge on any atom is -0.478 e. The minimum absolute atomic E-state index is 0.554. The van der Waals surface area contributed by atoms with Crippen molar-refractivity contribution in [2.24, 2.45) is 0 Å².